The number of carbonyl (C=O) groups is 3. The molecule has 1 N–H and O–H groups in total. The van der Waals surface area contributed by atoms with Gasteiger partial charge in [0, 0.05) is 19.3 Å². The van der Waals surface area contributed by atoms with Gasteiger partial charge < -0.3 is 23.8 Å². The highest BCUT2D eigenvalue weighted by Gasteiger charge is 2.31. The highest BCUT2D eigenvalue weighted by Crippen LogP contribution is 2.15. The van der Waals surface area contributed by atoms with Gasteiger partial charge in [-0.2, -0.15) is 0 Å². The zero-order valence-electron chi connectivity index (χ0n) is 36.2. The Morgan fingerprint density at radius 1 is 0.537 bits per heavy atom. The Morgan fingerprint density at radius 3 is 1.35 bits per heavy atom. The van der Waals surface area contributed by atoms with Gasteiger partial charge in [0.05, 0.1) is 34.4 Å². The first kappa shape index (κ1) is 52.1. The fourth-order valence-corrected chi connectivity index (χ4v) is 6.85. The topological polar surface area (TPSA) is 99.1 Å². The van der Waals surface area contributed by atoms with Gasteiger partial charge in [0.25, 0.3) is 0 Å². The van der Waals surface area contributed by atoms with Crippen LogP contribution in [0, 0.1) is 0 Å². The zero-order chi connectivity index (χ0) is 40.0. The third kappa shape index (κ3) is 35.8. The smallest absolute Gasteiger partial charge is 0.362 e. The van der Waals surface area contributed by atoms with Crippen LogP contribution in [0.5, 0.6) is 0 Å². The molecule has 0 aromatic carbocycles. The molecule has 54 heavy (non-hydrogen) atoms. The summed E-state index contributed by atoms with van der Waals surface area (Å²) < 4.78 is 17.3. The average Bonchev–Trinajstić information content (AvgIpc) is 3.12. The second-order valence-electron chi connectivity index (χ2n) is 16.7. The van der Waals surface area contributed by atoms with Gasteiger partial charge in [-0.25, -0.2) is 4.79 Å². The van der Waals surface area contributed by atoms with E-state index >= 15 is 0 Å². The number of carbonyl (C=O) groups excluding carboxylic acids is 2. The molecule has 0 aliphatic rings. The summed E-state index contributed by atoms with van der Waals surface area (Å²) >= 11 is 0. The summed E-state index contributed by atoms with van der Waals surface area (Å²) in [5.41, 5.74) is 0. The van der Waals surface area contributed by atoms with Crippen LogP contribution >= 0.6 is 0 Å². The summed E-state index contributed by atoms with van der Waals surface area (Å²) in [5, 5.41) is 9.62. The van der Waals surface area contributed by atoms with Crippen LogP contribution in [0.3, 0.4) is 0 Å². The number of unbranched alkanes of at least 4 members (excludes halogenated alkanes) is 25. The number of likely N-dealkylation sites (N-methyl/N-ethyl adjacent to an activating group) is 1. The van der Waals surface area contributed by atoms with E-state index in [4.69, 9.17) is 14.2 Å². The summed E-state index contributed by atoms with van der Waals surface area (Å²) in [6.07, 6.45) is 39.6. The van der Waals surface area contributed by atoms with E-state index in [1.54, 1.807) is 0 Å². The predicted molar refractivity (Wildman–Crippen MR) is 225 cm³/mol. The van der Waals surface area contributed by atoms with Gasteiger partial charge >= 0.3 is 17.9 Å². The molecule has 0 bridgehead atoms. The van der Waals surface area contributed by atoms with Crippen molar-refractivity contribution < 1.29 is 38.2 Å². The van der Waals surface area contributed by atoms with Crippen molar-refractivity contribution in [2.24, 2.45) is 0 Å². The third-order valence-corrected chi connectivity index (χ3v) is 10.4. The SMILES string of the molecule is CCCCCCCCC/C=C/CCCCCC(=O)OCC(COCCC(C(=O)O)[N+](C)(C)C)OC(=O)CCCCCCCCCCCCCCCCCC. The lowest BCUT2D eigenvalue weighted by molar-refractivity contribution is -0.887. The average molecular weight is 767 g/mol. The second kappa shape index (κ2) is 38.0. The van der Waals surface area contributed by atoms with E-state index in [1.165, 1.54) is 128 Å². The molecule has 0 aromatic heterocycles. The summed E-state index contributed by atoms with van der Waals surface area (Å²) in [4.78, 5) is 37.0. The molecule has 0 radical (unpaired) electrons. The first-order chi connectivity index (χ1) is 26.1. The van der Waals surface area contributed by atoms with Gasteiger partial charge in [-0.1, -0.05) is 167 Å². The molecule has 0 spiro atoms. The molecule has 0 aromatic rings. The normalized spacial score (nSPS) is 13.0. The fraction of sp³-hybridized carbons (Fsp3) is 0.891. The Kier molecular flexibility index (Phi) is 36.6. The molecule has 8 nitrogen and oxygen atoms in total. The maximum Gasteiger partial charge on any atom is 0.362 e. The van der Waals surface area contributed by atoms with Crippen molar-refractivity contribution in [3.8, 4) is 0 Å². The van der Waals surface area contributed by atoms with Gasteiger partial charge in [0.2, 0.25) is 0 Å². The lowest BCUT2D eigenvalue weighted by atomic mass is 10.0. The molecule has 0 amide bonds. The minimum Gasteiger partial charge on any atom is -0.477 e. The van der Waals surface area contributed by atoms with E-state index in [0.717, 1.165) is 51.4 Å². The Labute approximate surface area is 333 Å². The van der Waals surface area contributed by atoms with Gasteiger partial charge in [0.1, 0.15) is 6.61 Å². The number of hydrogen-bond acceptors (Lipinski definition) is 6. The zero-order valence-corrected chi connectivity index (χ0v) is 36.2. The third-order valence-electron chi connectivity index (χ3n) is 10.4. The van der Waals surface area contributed by atoms with Crippen molar-refractivity contribution in [1.29, 1.82) is 0 Å². The lowest BCUT2D eigenvalue weighted by Crippen LogP contribution is -2.50. The van der Waals surface area contributed by atoms with E-state index in [2.05, 4.69) is 26.0 Å². The lowest BCUT2D eigenvalue weighted by Gasteiger charge is -2.31. The molecule has 2 atom stereocenters. The summed E-state index contributed by atoms with van der Waals surface area (Å²) in [7, 11) is 5.53. The molecule has 0 saturated carbocycles. The Hall–Kier alpha value is -1.93. The predicted octanol–water partition coefficient (Wildman–Crippen LogP) is 12.3. The van der Waals surface area contributed by atoms with Gasteiger partial charge in [-0.15, -0.1) is 0 Å². The molecule has 0 saturated heterocycles. The highest BCUT2D eigenvalue weighted by atomic mass is 16.6. The number of quaternary nitrogens is 1. The first-order valence-electron chi connectivity index (χ1n) is 22.7. The molecular weight excluding hydrogens is 679 g/mol. The standard InChI is InChI=1S/C46H87NO7/c1-6-8-10-12-14-16-18-20-22-23-25-27-29-31-33-35-37-45(49)54-42(40-52-39-38-43(46(50)51)47(3,4)5)41-53-44(48)36-34-32-30-28-26-24-21-19-17-15-13-11-9-7-2/h24,26,42-43H,6-23,25,27-41H2,1-5H3/p+1/b26-24+. The monoisotopic (exact) mass is 767 g/mol. The molecule has 0 heterocycles. The minimum atomic E-state index is -0.874. The number of carboxylic acid groups (broad SMARTS) is 1. The van der Waals surface area contributed by atoms with E-state index in [9.17, 15) is 19.5 Å². The molecule has 0 fully saturated rings. The quantitative estimate of drug-likeness (QED) is 0.0286. The van der Waals surface area contributed by atoms with Crippen LogP contribution in [0.15, 0.2) is 12.2 Å². The number of nitrogens with zero attached hydrogens (tertiary/aromatic N) is 1. The van der Waals surface area contributed by atoms with Crippen LogP contribution in [-0.2, 0) is 28.6 Å². The van der Waals surface area contributed by atoms with Crippen LogP contribution in [0.2, 0.25) is 0 Å². The summed E-state index contributed by atoms with van der Waals surface area (Å²) in [5.74, 6) is -1.47. The van der Waals surface area contributed by atoms with Gasteiger partial charge in [-0.3, -0.25) is 9.59 Å². The van der Waals surface area contributed by atoms with Crippen LogP contribution in [0.25, 0.3) is 0 Å². The van der Waals surface area contributed by atoms with Crippen LogP contribution in [0.1, 0.15) is 213 Å². The van der Waals surface area contributed by atoms with Gasteiger partial charge in [-0.05, 0) is 38.5 Å². The summed E-state index contributed by atoms with van der Waals surface area (Å²) in [6.45, 7) is 4.74. The van der Waals surface area contributed by atoms with Crippen molar-refractivity contribution >= 4 is 17.9 Å². The Bertz CT molecular complexity index is 900. The molecule has 2 unspecified atom stereocenters. The molecule has 0 aliphatic carbocycles. The molecule has 0 aliphatic heterocycles. The first-order valence-corrected chi connectivity index (χ1v) is 22.7. The van der Waals surface area contributed by atoms with E-state index < -0.39 is 18.1 Å². The number of rotatable bonds is 41. The van der Waals surface area contributed by atoms with Crippen molar-refractivity contribution in [3.05, 3.63) is 12.2 Å². The van der Waals surface area contributed by atoms with Crippen molar-refractivity contribution in [2.75, 3.05) is 41.0 Å². The maximum absolute atomic E-state index is 12.7. The van der Waals surface area contributed by atoms with Gasteiger partial charge in [0.15, 0.2) is 12.1 Å². The number of allylic oxidation sites excluding steroid dienone is 2. The number of ether oxygens (including phenoxy) is 3. The van der Waals surface area contributed by atoms with E-state index in [0.29, 0.717) is 19.3 Å². The Morgan fingerprint density at radius 2 is 0.926 bits per heavy atom. The van der Waals surface area contributed by atoms with Crippen LogP contribution in [-0.4, -0.2) is 80.6 Å². The molecule has 8 heteroatoms. The fourth-order valence-electron chi connectivity index (χ4n) is 6.85. The van der Waals surface area contributed by atoms with Crippen LogP contribution < -0.4 is 0 Å². The molecule has 0 rings (SSSR count). The Balaban J connectivity index is 4.32. The van der Waals surface area contributed by atoms with Crippen LogP contribution in [0.4, 0.5) is 0 Å². The second-order valence-corrected chi connectivity index (χ2v) is 16.7. The van der Waals surface area contributed by atoms with E-state index in [1.807, 2.05) is 21.1 Å². The van der Waals surface area contributed by atoms with Crippen molar-refractivity contribution in [3.63, 3.8) is 0 Å². The number of carboxylic acids is 1. The largest absolute Gasteiger partial charge is 0.477 e. The molecular formula is C46H88NO7+. The number of esters is 2. The molecule has 318 valence electrons. The highest BCUT2D eigenvalue weighted by molar-refractivity contribution is 5.72. The van der Waals surface area contributed by atoms with E-state index in [-0.39, 0.29) is 36.2 Å². The minimum absolute atomic E-state index is 0.0530. The number of hydrogen-bond donors (Lipinski definition) is 1. The number of aliphatic carboxylic acids is 1. The van der Waals surface area contributed by atoms with Crippen molar-refractivity contribution in [2.45, 2.75) is 225 Å². The summed E-state index contributed by atoms with van der Waals surface area (Å²) in [6, 6.07) is -0.612. The van der Waals surface area contributed by atoms with Crippen molar-refractivity contribution in [1.82, 2.24) is 0 Å². The maximum atomic E-state index is 12.7.